The standard InChI is InChI=1S/C15H16ClNO5/c1-4-5-22-14-11(16)6-10(8-13(14)21-3)7-12(15(19)20)17-9(2)18/h4,6-8H,1,5H2,2-3H3,(H,17,18)(H,19,20). The van der Waals surface area contributed by atoms with E-state index in [2.05, 4.69) is 11.9 Å². The molecule has 0 aliphatic carbocycles. The Balaban J connectivity index is 3.25. The summed E-state index contributed by atoms with van der Waals surface area (Å²) in [6.45, 7) is 5.01. The zero-order chi connectivity index (χ0) is 16.7. The Morgan fingerprint density at radius 2 is 2.14 bits per heavy atom. The summed E-state index contributed by atoms with van der Waals surface area (Å²) >= 11 is 6.11. The molecule has 0 aromatic heterocycles. The number of halogens is 1. The van der Waals surface area contributed by atoms with E-state index in [0.717, 1.165) is 0 Å². The van der Waals surface area contributed by atoms with Crippen LogP contribution in [0, 0.1) is 0 Å². The Hall–Kier alpha value is -2.47. The quantitative estimate of drug-likeness (QED) is 0.594. The van der Waals surface area contributed by atoms with Crippen LogP contribution >= 0.6 is 11.6 Å². The van der Waals surface area contributed by atoms with E-state index in [0.29, 0.717) is 17.1 Å². The average molecular weight is 326 g/mol. The predicted octanol–water partition coefficient (Wildman–Crippen LogP) is 2.47. The largest absolute Gasteiger partial charge is 0.493 e. The summed E-state index contributed by atoms with van der Waals surface area (Å²) in [5, 5.41) is 11.5. The number of ether oxygens (including phenoxy) is 2. The average Bonchev–Trinajstić information content (AvgIpc) is 2.44. The van der Waals surface area contributed by atoms with E-state index in [1.807, 2.05) is 0 Å². The van der Waals surface area contributed by atoms with Crippen molar-refractivity contribution in [1.82, 2.24) is 5.32 Å². The first kappa shape index (κ1) is 17.6. The number of aliphatic carboxylic acids is 1. The number of nitrogens with one attached hydrogen (secondary N) is 1. The van der Waals surface area contributed by atoms with Crippen molar-refractivity contribution < 1.29 is 24.2 Å². The highest BCUT2D eigenvalue weighted by Gasteiger charge is 2.14. The van der Waals surface area contributed by atoms with Gasteiger partial charge in [-0.25, -0.2) is 4.79 Å². The minimum absolute atomic E-state index is 0.248. The summed E-state index contributed by atoms with van der Waals surface area (Å²) < 4.78 is 10.6. The Kier molecular flexibility index (Phi) is 6.47. The fourth-order valence-corrected chi connectivity index (χ4v) is 1.89. The third-order valence-electron chi connectivity index (χ3n) is 2.45. The molecule has 0 aliphatic rings. The second-order valence-corrected chi connectivity index (χ2v) is 4.59. The highest BCUT2D eigenvalue weighted by molar-refractivity contribution is 6.32. The second kappa shape index (κ2) is 8.09. The van der Waals surface area contributed by atoms with Crippen LogP contribution in [0.5, 0.6) is 11.5 Å². The molecule has 7 heteroatoms. The van der Waals surface area contributed by atoms with Gasteiger partial charge < -0.3 is 19.9 Å². The molecule has 0 radical (unpaired) electrons. The fraction of sp³-hybridized carbons (Fsp3) is 0.200. The Labute approximate surface area is 133 Å². The Morgan fingerprint density at radius 1 is 1.45 bits per heavy atom. The van der Waals surface area contributed by atoms with Gasteiger partial charge in [0.2, 0.25) is 5.91 Å². The molecular weight excluding hydrogens is 310 g/mol. The molecule has 0 spiro atoms. The van der Waals surface area contributed by atoms with Gasteiger partial charge in [-0.05, 0) is 23.8 Å². The number of hydrogen-bond acceptors (Lipinski definition) is 4. The molecule has 1 aromatic carbocycles. The molecule has 0 aliphatic heterocycles. The van der Waals surface area contributed by atoms with E-state index in [1.165, 1.54) is 26.2 Å². The van der Waals surface area contributed by atoms with Crippen molar-refractivity contribution in [3.05, 3.63) is 41.1 Å². The number of benzene rings is 1. The molecule has 1 rings (SSSR count). The number of carbonyl (C=O) groups is 2. The molecule has 1 amide bonds. The van der Waals surface area contributed by atoms with Gasteiger partial charge >= 0.3 is 5.97 Å². The lowest BCUT2D eigenvalue weighted by Crippen LogP contribution is -2.24. The van der Waals surface area contributed by atoms with E-state index in [4.69, 9.17) is 26.2 Å². The molecule has 6 nitrogen and oxygen atoms in total. The third kappa shape index (κ3) is 4.82. The van der Waals surface area contributed by atoms with Crippen LogP contribution < -0.4 is 14.8 Å². The molecule has 22 heavy (non-hydrogen) atoms. The summed E-state index contributed by atoms with van der Waals surface area (Å²) in [7, 11) is 1.44. The number of carboxylic acid groups (broad SMARTS) is 1. The van der Waals surface area contributed by atoms with Gasteiger partial charge in [-0.3, -0.25) is 4.79 Å². The number of carbonyl (C=O) groups excluding carboxylic acids is 1. The molecule has 0 heterocycles. The number of rotatable bonds is 7. The molecule has 0 bridgehead atoms. The van der Waals surface area contributed by atoms with Crippen molar-refractivity contribution in [2.75, 3.05) is 13.7 Å². The van der Waals surface area contributed by atoms with Gasteiger partial charge in [-0.15, -0.1) is 0 Å². The van der Waals surface area contributed by atoms with Crippen molar-refractivity contribution >= 4 is 29.6 Å². The highest BCUT2D eigenvalue weighted by atomic mass is 35.5. The predicted molar refractivity (Wildman–Crippen MR) is 83.1 cm³/mol. The maximum Gasteiger partial charge on any atom is 0.352 e. The van der Waals surface area contributed by atoms with Crippen LogP contribution in [0.2, 0.25) is 5.02 Å². The van der Waals surface area contributed by atoms with Gasteiger partial charge in [-0.2, -0.15) is 0 Å². The van der Waals surface area contributed by atoms with Gasteiger partial charge in [0, 0.05) is 6.92 Å². The molecule has 0 fully saturated rings. The molecule has 0 atom stereocenters. The summed E-state index contributed by atoms with van der Waals surface area (Å²) in [4.78, 5) is 22.1. The van der Waals surface area contributed by atoms with Crippen LogP contribution in [0.4, 0.5) is 0 Å². The van der Waals surface area contributed by atoms with Gasteiger partial charge in [0.25, 0.3) is 0 Å². The minimum atomic E-state index is -1.27. The van der Waals surface area contributed by atoms with Crippen molar-refractivity contribution in [2.24, 2.45) is 0 Å². The van der Waals surface area contributed by atoms with Crippen LogP contribution in [-0.2, 0) is 9.59 Å². The normalized spacial score (nSPS) is 10.8. The van der Waals surface area contributed by atoms with E-state index >= 15 is 0 Å². The van der Waals surface area contributed by atoms with Crippen molar-refractivity contribution in [1.29, 1.82) is 0 Å². The topological polar surface area (TPSA) is 84.9 Å². The van der Waals surface area contributed by atoms with E-state index in [1.54, 1.807) is 12.1 Å². The van der Waals surface area contributed by atoms with E-state index < -0.39 is 11.9 Å². The number of carboxylic acids is 1. The SMILES string of the molecule is C=CCOc1c(Cl)cc(C=C(NC(C)=O)C(=O)O)cc1OC. The van der Waals surface area contributed by atoms with Gasteiger partial charge in [0.05, 0.1) is 12.1 Å². The molecule has 1 aromatic rings. The maximum absolute atomic E-state index is 11.1. The van der Waals surface area contributed by atoms with Crippen LogP contribution in [0.25, 0.3) is 6.08 Å². The molecular formula is C15H16ClNO5. The van der Waals surface area contributed by atoms with Crippen LogP contribution in [-0.4, -0.2) is 30.7 Å². The zero-order valence-electron chi connectivity index (χ0n) is 12.2. The smallest absolute Gasteiger partial charge is 0.352 e. The number of methoxy groups -OCH3 is 1. The van der Waals surface area contributed by atoms with E-state index in [-0.39, 0.29) is 17.3 Å². The Bertz CT molecular complexity index is 625. The monoisotopic (exact) mass is 325 g/mol. The first-order chi connectivity index (χ1) is 10.4. The van der Waals surface area contributed by atoms with Crippen LogP contribution in [0.3, 0.4) is 0 Å². The first-order valence-corrected chi connectivity index (χ1v) is 6.60. The molecule has 0 saturated carbocycles. The summed E-state index contributed by atoms with van der Waals surface area (Å²) in [5.74, 6) is -1.08. The van der Waals surface area contributed by atoms with Gasteiger partial charge in [0.1, 0.15) is 12.3 Å². The van der Waals surface area contributed by atoms with Gasteiger partial charge in [-0.1, -0.05) is 24.3 Å². The minimum Gasteiger partial charge on any atom is -0.493 e. The maximum atomic E-state index is 11.1. The fourth-order valence-electron chi connectivity index (χ4n) is 1.61. The summed E-state index contributed by atoms with van der Waals surface area (Å²) in [6.07, 6.45) is 2.83. The molecule has 118 valence electrons. The third-order valence-corrected chi connectivity index (χ3v) is 2.73. The van der Waals surface area contributed by atoms with Crippen LogP contribution in [0.15, 0.2) is 30.5 Å². The molecule has 0 unspecified atom stereocenters. The van der Waals surface area contributed by atoms with E-state index in [9.17, 15) is 9.59 Å². The molecule has 0 saturated heterocycles. The summed E-state index contributed by atoms with van der Waals surface area (Å²) in [5.41, 5.74) is 0.171. The summed E-state index contributed by atoms with van der Waals surface area (Å²) in [6, 6.07) is 3.06. The number of amides is 1. The second-order valence-electron chi connectivity index (χ2n) is 4.18. The number of hydrogen-bond donors (Lipinski definition) is 2. The Morgan fingerprint density at radius 3 is 2.64 bits per heavy atom. The lowest BCUT2D eigenvalue weighted by molar-refractivity contribution is -0.134. The van der Waals surface area contributed by atoms with Crippen molar-refractivity contribution in [2.45, 2.75) is 6.92 Å². The van der Waals surface area contributed by atoms with Crippen molar-refractivity contribution in [3.8, 4) is 11.5 Å². The van der Waals surface area contributed by atoms with Crippen molar-refractivity contribution in [3.63, 3.8) is 0 Å². The first-order valence-electron chi connectivity index (χ1n) is 6.22. The lowest BCUT2D eigenvalue weighted by atomic mass is 10.1. The highest BCUT2D eigenvalue weighted by Crippen LogP contribution is 2.36. The lowest BCUT2D eigenvalue weighted by Gasteiger charge is -2.12. The van der Waals surface area contributed by atoms with Crippen LogP contribution in [0.1, 0.15) is 12.5 Å². The zero-order valence-corrected chi connectivity index (χ0v) is 12.9. The van der Waals surface area contributed by atoms with Gasteiger partial charge in [0.15, 0.2) is 11.5 Å². The molecule has 2 N–H and O–H groups in total.